The Morgan fingerprint density at radius 1 is 1.44 bits per heavy atom. The molecular formula is C11H20BrN5O. The minimum absolute atomic E-state index is 0.408. The van der Waals surface area contributed by atoms with Gasteiger partial charge in [-0.15, -0.1) is 0 Å². The van der Waals surface area contributed by atoms with Crippen molar-refractivity contribution in [2.45, 2.75) is 32.8 Å². The lowest BCUT2D eigenvalue weighted by atomic mass is 9.94. The van der Waals surface area contributed by atoms with Crippen molar-refractivity contribution in [3.8, 4) is 0 Å². The summed E-state index contributed by atoms with van der Waals surface area (Å²) < 4.78 is 0.646. The molecule has 0 radical (unpaired) electrons. The fourth-order valence-electron chi connectivity index (χ4n) is 1.82. The van der Waals surface area contributed by atoms with Crippen LogP contribution in [0.1, 0.15) is 27.2 Å². The maximum absolute atomic E-state index is 10.2. The number of halogens is 1. The second-order valence-electron chi connectivity index (χ2n) is 4.98. The number of hydrogen-bond donors (Lipinski definition) is 4. The second-order valence-corrected chi connectivity index (χ2v) is 5.77. The highest BCUT2D eigenvalue weighted by Crippen LogP contribution is 2.26. The molecule has 0 spiro atoms. The quantitative estimate of drug-likeness (QED) is 0.471. The second kappa shape index (κ2) is 6.31. The minimum Gasteiger partial charge on any atom is -0.388 e. The number of aliphatic hydroxyl groups is 1. The Bertz CT molecular complexity index is 397. The van der Waals surface area contributed by atoms with Crippen LogP contribution in [0.15, 0.2) is 10.8 Å². The Labute approximate surface area is 115 Å². The van der Waals surface area contributed by atoms with Crippen LogP contribution in [0.3, 0.4) is 0 Å². The fourth-order valence-corrected chi connectivity index (χ4v) is 2.28. The van der Waals surface area contributed by atoms with Crippen molar-refractivity contribution < 1.29 is 5.11 Å². The molecule has 0 aliphatic carbocycles. The summed E-state index contributed by atoms with van der Waals surface area (Å²) >= 11 is 3.35. The van der Waals surface area contributed by atoms with Gasteiger partial charge in [0.1, 0.15) is 16.6 Å². The number of aromatic nitrogens is 2. The number of nitrogens with two attached hydrogens (primary N) is 1. The van der Waals surface area contributed by atoms with E-state index in [1.54, 1.807) is 6.92 Å². The standard InChI is InChI=1S/C11H20BrN5O/c1-7(2)4-11(3,18)5-14-9-8(12)10(17-13)16-6-15-9/h6-7,18H,4-5,13H2,1-3H3,(H2,14,15,16,17). The highest BCUT2D eigenvalue weighted by molar-refractivity contribution is 9.10. The maximum atomic E-state index is 10.2. The molecule has 1 aromatic rings. The molecule has 1 unspecified atom stereocenters. The molecule has 7 heteroatoms. The Kier molecular flexibility index (Phi) is 5.30. The number of nitrogen functional groups attached to an aromatic ring is 1. The third-order valence-corrected chi connectivity index (χ3v) is 3.16. The van der Waals surface area contributed by atoms with E-state index < -0.39 is 5.60 Å². The Hall–Kier alpha value is -0.920. The summed E-state index contributed by atoms with van der Waals surface area (Å²) in [6.07, 6.45) is 2.12. The lowest BCUT2D eigenvalue weighted by Crippen LogP contribution is -2.35. The Balaban J connectivity index is 2.69. The van der Waals surface area contributed by atoms with E-state index in [0.717, 1.165) is 0 Å². The van der Waals surface area contributed by atoms with Gasteiger partial charge in [0, 0.05) is 6.54 Å². The predicted molar refractivity (Wildman–Crippen MR) is 76.1 cm³/mol. The zero-order valence-corrected chi connectivity index (χ0v) is 12.5. The van der Waals surface area contributed by atoms with Crippen LogP contribution in [-0.2, 0) is 0 Å². The summed E-state index contributed by atoms with van der Waals surface area (Å²) in [5.74, 6) is 6.84. The molecule has 0 saturated heterocycles. The smallest absolute Gasteiger partial charge is 0.159 e. The molecule has 102 valence electrons. The SMILES string of the molecule is CC(C)CC(C)(O)CNc1ncnc(NN)c1Br. The summed E-state index contributed by atoms with van der Waals surface area (Å²) in [7, 11) is 0. The third-order valence-electron chi connectivity index (χ3n) is 2.41. The van der Waals surface area contributed by atoms with Crippen LogP contribution in [-0.4, -0.2) is 27.2 Å². The van der Waals surface area contributed by atoms with Gasteiger partial charge in [0.25, 0.3) is 0 Å². The van der Waals surface area contributed by atoms with Crippen molar-refractivity contribution in [3.63, 3.8) is 0 Å². The van der Waals surface area contributed by atoms with Gasteiger partial charge in [-0.05, 0) is 35.2 Å². The van der Waals surface area contributed by atoms with Gasteiger partial charge in [-0.1, -0.05) is 13.8 Å². The van der Waals surface area contributed by atoms with Gasteiger partial charge in [0.15, 0.2) is 5.82 Å². The summed E-state index contributed by atoms with van der Waals surface area (Å²) in [5.41, 5.74) is 1.68. The number of hydrazine groups is 1. The highest BCUT2D eigenvalue weighted by atomic mass is 79.9. The average molecular weight is 318 g/mol. The first kappa shape index (κ1) is 15.1. The maximum Gasteiger partial charge on any atom is 0.159 e. The molecule has 0 bridgehead atoms. The molecule has 6 nitrogen and oxygen atoms in total. The van der Waals surface area contributed by atoms with Crippen LogP contribution < -0.4 is 16.6 Å². The zero-order chi connectivity index (χ0) is 13.8. The van der Waals surface area contributed by atoms with Gasteiger partial charge >= 0.3 is 0 Å². The van der Waals surface area contributed by atoms with E-state index in [1.807, 2.05) is 0 Å². The summed E-state index contributed by atoms with van der Waals surface area (Å²) in [4.78, 5) is 8.05. The van der Waals surface area contributed by atoms with E-state index in [1.165, 1.54) is 6.33 Å². The van der Waals surface area contributed by atoms with Crippen LogP contribution in [0, 0.1) is 5.92 Å². The average Bonchev–Trinajstić information content (AvgIpc) is 2.26. The van der Waals surface area contributed by atoms with Gasteiger partial charge in [0.05, 0.1) is 5.60 Å². The Morgan fingerprint density at radius 3 is 2.61 bits per heavy atom. The monoisotopic (exact) mass is 317 g/mol. The summed E-state index contributed by atoms with van der Waals surface area (Å²) in [6, 6.07) is 0. The molecule has 1 rings (SSSR count). The predicted octanol–water partition coefficient (Wildman–Crippen LogP) is 1.73. The largest absolute Gasteiger partial charge is 0.388 e. The molecule has 18 heavy (non-hydrogen) atoms. The summed E-state index contributed by atoms with van der Waals surface area (Å²) in [6.45, 7) is 6.36. The van der Waals surface area contributed by atoms with E-state index in [9.17, 15) is 5.11 Å². The molecule has 1 atom stereocenters. The number of nitrogens with zero attached hydrogens (tertiary/aromatic N) is 2. The Morgan fingerprint density at radius 2 is 2.06 bits per heavy atom. The molecule has 1 aromatic heterocycles. The van der Waals surface area contributed by atoms with Crippen molar-refractivity contribution in [2.24, 2.45) is 11.8 Å². The first-order chi connectivity index (χ1) is 8.35. The number of rotatable bonds is 6. The van der Waals surface area contributed by atoms with Crippen molar-refractivity contribution in [3.05, 3.63) is 10.8 Å². The fraction of sp³-hybridized carbons (Fsp3) is 0.636. The van der Waals surface area contributed by atoms with Crippen molar-refractivity contribution in [1.82, 2.24) is 9.97 Å². The molecule has 0 saturated carbocycles. The van der Waals surface area contributed by atoms with E-state index in [4.69, 9.17) is 5.84 Å². The van der Waals surface area contributed by atoms with E-state index in [-0.39, 0.29) is 0 Å². The number of nitrogens with one attached hydrogen (secondary N) is 2. The highest BCUT2D eigenvalue weighted by Gasteiger charge is 2.22. The van der Waals surface area contributed by atoms with Crippen LogP contribution in [0.5, 0.6) is 0 Å². The lowest BCUT2D eigenvalue weighted by Gasteiger charge is -2.26. The molecule has 1 heterocycles. The van der Waals surface area contributed by atoms with Crippen molar-refractivity contribution >= 4 is 27.6 Å². The zero-order valence-electron chi connectivity index (χ0n) is 10.9. The normalized spacial score (nSPS) is 14.4. The molecule has 0 aliphatic heterocycles. The lowest BCUT2D eigenvalue weighted by molar-refractivity contribution is 0.0514. The third kappa shape index (κ3) is 4.40. The van der Waals surface area contributed by atoms with Gasteiger partial charge < -0.3 is 15.8 Å². The minimum atomic E-state index is -0.783. The van der Waals surface area contributed by atoms with E-state index in [2.05, 4.69) is 50.5 Å². The first-order valence-corrected chi connectivity index (χ1v) is 6.58. The first-order valence-electron chi connectivity index (χ1n) is 5.79. The van der Waals surface area contributed by atoms with Crippen LogP contribution in [0.2, 0.25) is 0 Å². The molecule has 0 fully saturated rings. The molecule has 0 aromatic carbocycles. The number of anilines is 2. The van der Waals surface area contributed by atoms with Crippen LogP contribution in [0.25, 0.3) is 0 Å². The van der Waals surface area contributed by atoms with Gasteiger partial charge in [0.2, 0.25) is 0 Å². The summed E-state index contributed by atoms with van der Waals surface area (Å²) in [5, 5.41) is 13.3. The number of hydrogen-bond acceptors (Lipinski definition) is 6. The van der Waals surface area contributed by atoms with Gasteiger partial charge in [-0.3, -0.25) is 0 Å². The van der Waals surface area contributed by atoms with Crippen molar-refractivity contribution in [1.29, 1.82) is 0 Å². The van der Waals surface area contributed by atoms with E-state index in [0.29, 0.717) is 35.0 Å². The van der Waals surface area contributed by atoms with Gasteiger partial charge in [-0.2, -0.15) is 0 Å². The molecular weight excluding hydrogens is 298 g/mol. The molecule has 0 aliphatic rings. The van der Waals surface area contributed by atoms with E-state index >= 15 is 0 Å². The van der Waals surface area contributed by atoms with Crippen molar-refractivity contribution in [2.75, 3.05) is 17.3 Å². The molecule has 5 N–H and O–H groups in total. The topological polar surface area (TPSA) is 96.1 Å². The molecule has 0 amide bonds. The van der Waals surface area contributed by atoms with Crippen LogP contribution >= 0.6 is 15.9 Å². The van der Waals surface area contributed by atoms with Gasteiger partial charge in [-0.25, -0.2) is 15.8 Å². The van der Waals surface area contributed by atoms with Crippen LogP contribution in [0.4, 0.5) is 11.6 Å².